The van der Waals surface area contributed by atoms with Gasteiger partial charge in [0.2, 0.25) is 0 Å². The van der Waals surface area contributed by atoms with Gasteiger partial charge in [-0.2, -0.15) is 13.2 Å². The van der Waals surface area contributed by atoms with Crippen LogP contribution in [0.25, 0.3) is 0 Å². The van der Waals surface area contributed by atoms with Gasteiger partial charge in [0.1, 0.15) is 0 Å². The van der Waals surface area contributed by atoms with Crippen LogP contribution in [0.4, 0.5) is 13.2 Å². The number of aromatic carboxylic acids is 1. The minimum atomic E-state index is -4.68. The second kappa shape index (κ2) is 4.83. The van der Waals surface area contributed by atoms with Crippen molar-refractivity contribution in [3.63, 3.8) is 0 Å². The molecule has 1 aromatic heterocycles. The van der Waals surface area contributed by atoms with E-state index in [1.54, 1.807) is 6.92 Å². The molecule has 0 saturated carbocycles. The molecule has 0 radical (unpaired) electrons. The van der Waals surface area contributed by atoms with Gasteiger partial charge in [-0.15, -0.1) is 0 Å². The third-order valence-electron chi connectivity index (χ3n) is 2.03. The summed E-state index contributed by atoms with van der Waals surface area (Å²) in [5, 5.41) is 8.68. The van der Waals surface area contributed by atoms with E-state index in [2.05, 4.69) is 0 Å². The third-order valence-corrected chi connectivity index (χ3v) is 2.41. The maximum Gasteiger partial charge on any atom is 0.418 e. The van der Waals surface area contributed by atoms with E-state index >= 15 is 0 Å². The molecule has 3 nitrogen and oxygen atoms in total. The first kappa shape index (κ1) is 13.6. The van der Waals surface area contributed by atoms with E-state index in [0.717, 1.165) is 17.0 Å². The molecule has 0 aromatic carbocycles. The molecule has 94 valence electrons. The quantitative estimate of drug-likeness (QED) is 0.912. The minimum Gasteiger partial charge on any atom is -0.478 e. The Morgan fingerprint density at radius 1 is 1.53 bits per heavy atom. The highest BCUT2D eigenvalue weighted by Crippen LogP contribution is 2.32. The van der Waals surface area contributed by atoms with Crippen molar-refractivity contribution in [3.8, 4) is 0 Å². The molecule has 1 heterocycles. The normalized spacial score (nSPS) is 12.9. The van der Waals surface area contributed by atoms with Crippen molar-refractivity contribution in [1.82, 2.24) is 4.57 Å². The molecule has 1 rings (SSSR count). The highest BCUT2D eigenvalue weighted by atomic mass is 35.5. The van der Waals surface area contributed by atoms with Gasteiger partial charge in [0.25, 0.3) is 0 Å². The van der Waals surface area contributed by atoms with Gasteiger partial charge in [0.15, 0.2) is 0 Å². The van der Waals surface area contributed by atoms with Gasteiger partial charge < -0.3 is 9.67 Å². The van der Waals surface area contributed by atoms with Gasteiger partial charge in [0.05, 0.1) is 11.1 Å². The lowest BCUT2D eigenvalue weighted by molar-refractivity contribution is -0.138. The molecule has 0 spiro atoms. The first-order chi connectivity index (χ1) is 7.75. The van der Waals surface area contributed by atoms with Gasteiger partial charge in [-0.25, -0.2) is 4.79 Å². The second-order valence-electron chi connectivity index (χ2n) is 3.52. The molecule has 17 heavy (non-hydrogen) atoms. The number of carboxylic acid groups (broad SMARTS) is 1. The number of nitrogens with zero attached hydrogens (tertiary/aromatic N) is 1. The Hall–Kier alpha value is -1.43. The van der Waals surface area contributed by atoms with Crippen molar-refractivity contribution in [1.29, 1.82) is 0 Å². The van der Waals surface area contributed by atoms with Crippen molar-refractivity contribution in [2.75, 3.05) is 0 Å². The van der Waals surface area contributed by atoms with Crippen LogP contribution in [-0.4, -0.2) is 15.6 Å². The Balaban J connectivity index is 3.18. The lowest BCUT2D eigenvalue weighted by Crippen LogP contribution is -2.09. The van der Waals surface area contributed by atoms with Gasteiger partial charge in [0, 0.05) is 24.5 Å². The van der Waals surface area contributed by atoms with Crippen LogP contribution in [0.1, 0.15) is 22.8 Å². The van der Waals surface area contributed by atoms with E-state index in [1.807, 2.05) is 0 Å². The highest BCUT2D eigenvalue weighted by molar-refractivity contribution is 6.25. The molecule has 0 aliphatic heterocycles. The summed E-state index contributed by atoms with van der Waals surface area (Å²) in [6.45, 7) is 1.74. The van der Waals surface area contributed by atoms with Crippen LogP contribution >= 0.6 is 11.6 Å². The third kappa shape index (κ3) is 3.26. The first-order valence-electron chi connectivity index (χ1n) is 4.52. The molecular weight excluding hydrogens is 259 g/mol. The fraction of sp³-hybridized carbons (Fsp3) is 0.300. The lowest BCUT2D eigenvalue weighted by atomic mass is 10.2. The van der Waals surface area contributed by atoms with Crippen molar-refractivity contribution >= 4 is 17.6 Å². The summed E-state index contributed by atoms with van der Waals surface area (Å²) in [5.74, 6) is -1.61. The molecule has 0 amide bonds. The molecule has 1 N–H and O–H groups in total. The second-order valence-corrected chi connectivity index (χ2v) is 3.73. The van der Waals surface area contributed by atoms with E-state index in [0.29, 0.717) is 5.57 Å². The smallest absolute Gasteiger partial charge is 0.418 e. The summed E-state index contributed by atoms with van der Waals surface area (Å²) < 4.78 is 38.7. The SMILES string of the molecule is C/C(=C/Cl)Cn1cc(C(=O)O)c(C(F)(F)F)c1. The summed E-state index contributed by atoms with van der Waals surface area (Å²) in [5.41, 5.74) is -0.0761. The fourth-order valence-electron chi connectivity index (χ4n) is 1.32. The number of allylic oxidation sites excluding steroid dienone is 1. The summed E-state index contributed by atoms with van der Waals surface area (Å²) in [7, 11) is 0. The predicted molar refractivity (Wildman–Crippen MR) is 56.0 cm³/mol. The molecule has 0 aliphatic rings. The standard InChI is InChI=1S/C10H9ClF3NO2/c1-6(2-11)3-15-4-7(9(16)17)8(5-15)10(12,13)14/h2,4-5H,3H2,1H3,(H,16,17)/b6-2-. The molecule has 7 heteroatoms. The van der Waals surface area contributed by atoms with Crippen LogP contribution in [0.2, 0.25) is 0 Å². The maximum atomic E-state index is 12.5. The number of hydrogen-bond acceptors (Lipinski definition) is 1. The lowest BCUT2D eigenvalue weighted by Gasteiger charge is -2.04. The van der Waals surface area contributed by atoms with E-state index in [-0.39, 0.29) is 6.54 Å². The predicted octanol–water partition coefficient (Wildman–Crippen LogP) is 3.35. The van der Waals surface area contributed by atoms with Crippen molar-refractivity contribution in [3.05, 3.63) is 34.6 Å². The summed E-state index contributed by atoms with van der Waals surface area (Å²) >= 11 is 5.39. The van der Waals surface area contributed by atoms with Gasteiger partial charge in [-0.05, 0) is 12.5 Å². The van der Waals surface area contributed by atoms with Crippen molar-refractivity contribution < 1.29 is 23.1 Å². The van der Waals surface area contributed by atoms with Gasteiger partial charge in [-0.1, -0.05) is 11.6 Å². The van der Waals surface area contributed by atoms with E-state index < -0.39 is 23.3 Å². The topological polar surface area (TPSA) is 42.2 Å². The van der Waals surface area contributed by atoms with Crippen LogP contribution in [0.3, 0.4) is 0 Å². The maximum absolute atomic E-state index is 12.5. The number of carboxylic acids is 1. The Labute approximate surface area is 100 Å². The van der Waals surface area contributed by atoms with Crippen LogP contribution in [-0.2, 0) is 12.7 Å². The summed E-state index contributed by atoms with van der Waals surface area (Å²) in [6, 6.07) is 0. The number of alkyl halides is 3. The Morgan fingerprint density at radius 2 is 2.12 bits per heavy atom. The van der Waals surface area contributed by atoms with Crippen LogP contribution in [0.5, 0.6) is 0 Å². The summed E-state index contributed by atoms with van der Waals surface area (Å²) in [6.07, 6.45) is -2.99. The van der Waals surface area contributed by atoms with Crippen molar-refractivity contribution in [2.45, 2.75) is 19.6 Å². The minimum absolute atomic E-state index is 0.111. The first-order valence-corrected chi connectivity index (χ1v) is 4.95. The van der Waals surface area contributed by atoms with E-state index in [4.69, 9.17) is 16.7 Å². The average Bonchev–Trinajstić information content (AvgIpc) is 2.61. The molecule has 0 saturated heterocycles. The molecule has 0 fully saturated rings. The fourth-order valence-corrected chi connectivity index (χ4v) is 1.39. The zero-order valence-electron chi connectivity index (χ0n) is 8.75. The number of hydrogen-bond donors (Lipinski definition) is 1. The molecule has 0 atom stereocenters. The van der Waals surface area contributed by atoms with E-state index in [9.17, 15) is 18.0 Å². The van der Waals surface area contributed by atoms with Crippen molar-refractivity contribution in [2.24, 2.45) is 0 Å². The van der Waals surface area contributed by atoms with Gasteiger partial charge >= 0.3 is 12.1 Å². The molecule has 0 bridgehead atoms. The van der Waals surface area contributed by atoms with Crippen LogP contribution in [0.15, 0.2) is 23.5 Å². The number of carbonyl (C=O) groups is 1. The highest BCUT2D eigenvalue weighted by Gasteiger charge is 2.36. The number of aromatic nitrogens is 1. The molecule has 0 aliphatic carbocycles. The van der Waals surface area contributed by atoms with Gasteiger partial charge in [-0.3, -0.25) is 0 Å². The Kier molecular flexibility index (Phi) is 3.87. The molecular formula is C10H9ClF3NO2. The Bertz CT molecular complexity index is 463. The number of rotatable bonds is 3. The Morgan fingerprint density at radius 3 is 2.47 bits per heavy atom. The molecule has 0 unspecified atom stereocenters. The van der Waals surface area contributed by atoms with Crippen LogP contribution in [0, 0.1) is 0 Å². The number of halogens is 4. The summed E-state index contributed by atoms with van der Waals surface area (Å²) in [4.78, 5) is 10.7. The monoisotopic (exact) mass is 267 g/mol. The molecule has 1 aromatic rings. The average molecular weight is 268 g/mol. The zero-order valence-corrected chi connectivity index (χ0v) is 9.51. The van der Waals surface area contributed by atoms with Crippen LogP contribution < -0.4 is 0 Å². The van der Waals surface area contributed by atoms with E-state index in [1.165, 1.54) is 5.54 Å². The largest absolute Gasteiger partial charge is 0.478 e. The zero-order chi connectivity index (χ0) is 13.2.